The number of benzene rings is 6. The van der Waals surface area contributed by atoms with Crippen LogP contribution in [0.5, 0.6) is 28.7 Å². The monoisotopic (exact) mass is 1330 g/mol. The number of phenols is 3. The summed E-state index contributed by atoms with van der Waals surface area (Å²) in [4.78, 5) is 21.3. The Balaban J connectivity index is 1.00. The Morgan fingerprint density at radius 1 is 0.753 bits per heavy atom. The van der Waals surface area contributed by atoms with E-state index in [1.54, 1.807) is 68.5 Å². The first-order valence-corrected chi connectivity index (χ1v) is 39.0. The van der Waals surface area contributed by atoms with Gasteiger partial charge < -0.3 is 55.2 Å². The highest BCUT2D eigenvalue weighted by atomic mass is 33.1. The maximum atomic E-state index is 18.0. The number of aliphatic hydroxyl groups excluding tert-OH is 3. The number of aromatic nitrogens is 1. The number of fused-ring (bicyclic) bond motifs is 6. The van der Waals surface area contributed by atoms with E-state index in [0.717, 1.165) is 126 Å². The summed E-state index contributed by atoms with van der Waals surface area (Å²) in [5.74, 6) is 0.00825. The van der Waals surface area contributed by atoms with E-state index in [1.807, 2.05) is 55.7 Å². The lowest BCUT2D eigenvalue weighted by Crippen LogP contribution is -2.63. The highest BCUT2D eigenvalue weighted by molar-refractivity contribution is 8.77. The van der Waals surface area contributed by atoms with Gasteiger partial charge in [-0.25, -0.2) is 0 Å². The summed E-state index contributed by atoms with van der Waals surface area (Å²) >= 11 is 0. The number of carbonyl (C=O) groups is 1. The summed E-state index contributed by atoms with van der Waals surface area (Å²) in [6.07, 6.45) is 11.6. The van der Waals surface area contributed by atoms with Gasteiger partial charge >= 0.3 is 0 Å². The number of aliphatic hydroxyl groups is 3. The number of rotatable bonds is 13. The number of aromatic amines is 1. The average molecular weight is 1330 g/mol. The predicted molar refractivity (Wildman–Crippen MR) is 378 cm³/mol. The zero-order valence-corrected chi connectivity index (χ0v) is 57.1. The third-order valence-corrected chi connectivity index (χ3v) is 27.8. The Bertz CT molecular complexity index is 3720. The van der Waals surface area contributed by atoms with Crippen LogP contribution in [0.3, 0.4) is 0 Å². The molecule has 4 heterocycles. The van der Waals surface area contributed by atoms with Gasteiger partial charge in [0.25, 0.3) is 0 Å². The highest BCUT2D eigenvalue weighted by Gasteiger charge is 2.62. The van der Waals surface area contributed by atoms with Crippen molar-refractivity contribution in [3.05, 3.63) is 183 Å². The Hall–Kier alpha value is -5.27. The van der Waals surface area contributed by atoms with Crippen molar-refractivity contribution in [3.8, 4) is 28.7 Å². The molecule has 0 radical (unpaired) electrons. The number of hydrogen-bond acceptors (Lipinski definition) is 15. The molecule has 16 heteroatoms. The number of ketones is 1. The summed E-state index contributed by atoms with van der Waals surface area (Å²) in [5.41, 5.74) is 6.93. The normalized spacial score (nSPS) is 30.2. The largest absolute Gasteiger partial charge is 0.508 e. The Morgan fingerprint density at radius 3 is 2.38 bits per heavy atom. The number of nitrogens with one attached hydrogen (secondary N) is 2. The Kier molecular flexibility index (Phi) is 20.8. The molecule has 3 aliphatic carbocycles. The molecule has 93 heavy (non-hydrogen) atoms. The molecular weight excluding hydrogens is 1240 g/mol. The van der Waals surface area contributed by atoms with Crippen LogP contribution in [0.2, 0.25) is 0 Å². The third-order valence-electron chi connectivity index (χ3n) is 22.4. The van der Waals surface area contributed by atoms with Crippen molar-refractivity contribution in [2.24, 2.45) is 41.4 Å². The number of methoxy groups -OCH3 is 1. The first kappa shape index (κ1) is 66.3. The van der Waals surface area contributed by atoms with Gasteiger partial charge in [-0.3, -0.25) is 4.79 Å². The summed E-state index contributed by atoms with van der Waals surface area (Å²) in [7, 11) is 8.19. The van der Waals surface area contributed by atoms with Crippen molar-refractivity contribution in [2.75, 3.05) is 50.7 Å². The van der Waals surface area contributed by atoms with E-state index in [2.05, 4.69) is 77.9 Å². The van der Waals surface area contributed by atoms with E-state index < -0.39 is 52.1 Å². The van der Waals surface area contributed by atoms with Crippen LogP contribution in [0.4, 0.5) is 0 Å². The number of hydrogen-bond donors (Lipinski definition) is 8. The van der Waals surface area contributed by atoms with Gasteiger partial charge in [-0.05, 0) is 217 Å². The van der Waals surface area contributed by atoms with Crippen LogP contribution in [0.1, 0.15) is 138 Å². The van der Waals surface area contributed by atoms with E-state index in [-0.39, 0.29) is 54.0 Å². The topological polar surface area (TPSA) is 194 Å². The number of carbonyl (C=O) groups excluding carboxylic acids is 1. The van der Waals surface area contributed by atoms with Gasteiger partial charge in [0.2, 0.25) is 0 Å². The molecule has 1 saturated heterocycles. The fraction of sp³-hybridized carbons (Fsp3) is 0.494. The zero-order valence-electron chi connectivity index (χ0n) is 53.9. The van der Waals surface area contributed by atoms with E-state index in [0.29, 0.717) is 78.4 Å². The minimum atomic E-state index is -1.78. The van der Waals surface area contributed by atoms with Crippen LogP contribution in [0, 0.1) is 41.4 Å². The van der Waals surface area contributed by atoms with Gasteiger partial charge in [-0.2, -0.15) is 0 Å². The molecule has 1 aromatic heterocycles. The standard InChI is InChI=1S/C77H92N2O10S4/c1-4-49-20-21-50-14-9-16-60-69(41-80)93-92-44-56-35-70(84)77(64-45-91-90-43-54-19-18-48(42-88-5-2)32-67(54)89-68-34-53(64)23-24-65(68)82,58-36-57(37-59(81)38-58)76-27-10-15-52(63(76)17-11-28-79-76)30-46-12-7-6-8-13-46)75(86)72(56)73(85)55(31-47-26-29-78-40-47)33-51-22-25-66(83)74(87-3)62(51)39-61(49)71(50)60/h6-9,12-14,16,20-26,29,34,36-38,40,48,52,54-56,63-64,67,69-70,72-73,78-85H,4-5,10-11,15,17-19,27-28,30-33,35,39,41-45H2,1-3H3/t48-,52+,54+,55+,56-,63+,64-,67-,69-,70-,72+,73-,76+,77+/m0/s1. The van der Waals surface area contributed by atoms with Crippen LogP contribution in [0.25, 0.3) is 10.8 Å². The second kappa shape index (κ2) is 29.2. The average Bonchev–Trinajstić information content (AvgIpc) is 1.33. The molecular formula is C77H92N2O10S4. The van der Waals surface area contributed by atoms with Gasteiger partial charge in [0.1, 0.15) is 11.9 Å². The smallest absolute Gasteiger partial charge is 0.164 e. The summed E-state index contributed by atoms with van der Waals surface area (Å²) in [6.45, 7) is 6.09. The second-order valence-electron chi connectivity index (χ2n) is 27.5. The fourth-order valence-electron chi connectivity index (χ4n) is 17.9. The maximum Gasteiger partial charge on any atom is 0.164 e. The van der Waals surface area contributed by atoms with Crippen LogP contribution < -0.4 is 14.8 Å². The van der Waals surface area contributed by atoms with Crippen LogP contribution in [-0.4, -0.2) is 110 Å². The number of Topliss-reactive ketones (excluding diaryl/α,β-unsaturated/α-hetero) is 1. The van der Waals surface area contributed by atoms with E-state index in [9.17, 15) is 30.6 Å². The predicted octanol–water partition coefficient (Wildman–Crippen LogP) is 14.8. The number of ether oxygens (including phenoxy) is 3. The Labute approximate surface area is 564 Å². The molecule has 3 saturated carbocycles. The number of aryl methyl sites for hydroxylation is 1. The number of phenolic OH excluding ortho intramolecular Hbond substituents is 3. The van der Waals surface area contributed by atoms with Crippen LogP contribution in [-0.2, 0) is 52.6 Å². The van der Waals surface area contributed by atoms with E-state index >= 15 is 4.79 Å². The molecule has 494 valence electrons. The lowest BCUT2D eigenvalue weighted by Gasteiger charge is -2.54. The molecule has 12 nitrogen and oxygen atoms in total. The minimum absolute atomic E-state index is 0.000996. The van der Waals surface area contributed by atoms with E-state index in [4.69, 9.17) is 14.2 Å². The zero-order chi connectivity index (χ0) is 64.4. The van der Waals surface area contributed by atoms with Gasteiger partial charge in [0.05, 0.1) is 36.6 Å². The van der Waals surface area contributed by atoms with Crippen molar-refractivity contribution in [3.63, 3.8) is 0 Å². The van der Waals surface area contributed by atoms with Crippen molar-refractivity contribution < 1.29 is 49.6 Å². The lowest BCUT2D eigenvalue weighted by atomic mass is 9.52. The van der Waals surface area contributed by atoms with Gasteiger partial charge in [0.15, 0.2) is 28.8 Å². The summed E-state index contributed by atoms with van der Waals surface area (Å²) in [5, 5.41) is 82.2. The molecule has 0 spiro atoms. The second-order valence-corrected chi connectivity index (χ2v) is 32.7. The highest BCUT2D eigenvalue weighted by Crippen LogP contribution is 2.59. The van der Waals surface area contributed by atoms with Crippen LogP contribution >= 0.6 is 43.2 Å². The maximum absolute atomic E-state index is 18.0. The minimum Gasteiger partial charge on any atom is -0.508 e. The van der Waals surface area contributed by atoms with Crippen molar-refractivity contribution in [1.82, 2.24) is 10.3 Å². The molecule has 0 unspecified atom stereocenters. The van der Waals surface area contributed by atoms with E-state index in [1.165, 1.54) is 5.56 Å². The van der Waals surface area contributed by atoms with Crippen molar-refractivity contribution in [1.29, 1.82) is 0 Å². The number of aromatic hydroxyl groups is 3. The van der Waals surface area contributed by atoms with Crippen molar-refractivity contribution >= 4 is 59.7 Å². The molecule has 6 aliphatic rings. The molecule has 6 aromatic carbocycles. The Morgan fingerprint density at radius 2 is 1.57 bits per heavy atom. The first-order chi connectivity index (χ1) is 45.3. The molecule has 14 atom stereocenters. The van der Waals surface area contributed by atoms with Crippen molar-refractivity contribution in [2.45, 2.75) is 144 Å². The SMILES string of the molecule is CCOC[C@H]1CC[C@@H]2CSSC[C@H]([C@@]3(c4cc(O)cc([C@]56CCC[C@H](Cc7ccccc7)[C@H]5CCCN6)c4)C(=O)[C@@H]4[C@H](CSS[C@@H](CO)c5cccc6ccc(CC)c(c56)Cc5c(ccc(O)c5OC)C[C@@H](Cc5cc[nH]c5)[C@@H]4O)C[C@@H]3O)c3ccc(O)c(c3)O[C@H]2C1. The van der Waals surface area contributed by atoms with Crippen LogP contribution in [0.15, 0.2) is 128 Å². The molecule has 13 rings (SSSR count). The lowest BCUT2D eigenvalue weighted by molar-refractivity contribution is -0.150. The molecule has 0 amide bonds. The first-order valence-electron chi connectivity index (χ1n) is 34.1. The quantitative estimate of drug-likeness (QED) is 0.0508. The van der Waals surface area contributed by atoms with Gasteiger partial charge in [-0.15, -0.1) is 0 Å². The number of piperidine rings is 1. The third kappa shape index (κ3) is 13.1. The number of H-pyrrole nitrogens is 1. The summed E-state index contributed by atoms with van der Waals surface area (Å²) < 4.78 is 19.2. The molecule has 4 fully saturated rings. The molecule has 2 bridgehead atoms. The molecule has 8 N–H and O–H groups in total. The molecule has 7 aromatic rings. The van der Waals surface area contributed by atoms with Gasteiger partial charge in [0, 0.05) is 78.1 Å². The molecule has 3 aliphatic heterocycles. The summed E-state index contributed by atoms with van der Waals surface area (Å²) in [6, 6.07) is 38.3. The fourth-order valence-corrected chi connectivity index (χ4v) is 23.7. The van der Waals surface area contributed by atoms with Gasteiger partial charge in [-0.1, -0.05) is 135 Å².